The van der Waals surface area contributed by atoms with Gasteiger partial charge in [-0.15, -0.1) is 0 Å². The van der Waals surface area contributed by atoms with E-state index in [-0.39, 0.29) is 0 Å². The van der Waals surface area contributed by atoms with Gasteiger partial charge in [0, 0.05) is 18.6 Å². The average Bonchev–Trinajstić information content (AvgIpc) is 2.67. The number of nitrogens with zero attached hydrogens (tertiary/aromatic N) is 2. The fourth-order valence-electron chi connectivity index (χ4n) is 3.31. The lowest BCUT2D eigenvalue weighted by atomic mass is 9.88. The van der Waals surface area contributed by atoms with E-state index in [1.54, 1.807) is 0 Å². The standard InChI is InChI=1S/C18H27N3/c1-14(2)20-13-17-6-4-5-11-21(3)18(17)16-9-7-15(12-19)8-10-16/h7-10,14,17-18,20H,4-6,11,13H2,1-3H3. The predicted molar refractivity (Wildman–Crippen MR) is 87.0 cm³/mol. The average molecular weight is 285 g/mol. The van der Waals surface area contributed by atoms with Crippen LogP contribution in [0.25, 0.3) is 0 Å². The molecule has 1 aliphatic heterocycles. The number of nitrogens with one attached hydrogen (secondary N) is 1. The molecule has 2 rings (SSSR count). The van der Waals surface area contributed by atoms with Gasteiger partial charge in [0.15, 0.2) is 0 Å². The lowest BCUT2D eigenvalue weighted by Crippen LogP contribution is -2.37. The summed E-state index contributed by atoms with van der Waals surface area (Å²) >= 11 is 0. The largest absolute Gasteiger partial charge is 0.314 e. The van der Waals surface area contributed by atoms with Crippen molar-refractivity contribution in [2.24, 2.45) is 5.92 Å². The van der Waals surface area contributed by atoms with Gasteiger partial charge in [-0.2, -0.15) is 5.26 Å². The summed E-state index contributed by atoms with van der Waals surface area (Å²) in [6.45, 7) is 6.63. The molecule has 0 aromatic heterocycles. The van der Waals surface area contributed by atoms with Crippen molar-refractivity contribution in [2.75, 3.05) is 20.1 Å². The normalized spacial score (nSPS) is 23.8. The molecule has 0 saturated carbocycles. The fourth-order valence-corrected chi connectivity index (χ4v) is 3.31. The van der Waals surface area contributed by atoms with E-state index in [0.29, 0.717) is 18.0 Å². The fraction of sp³-hybridized carbons (Fsp3) is 0.611. The summed E-state index contributed by atoms with van der Waals surface area (Å²) in [5.41, 5.74) is 2.08. The third-order valence-electron chi connectivity index (χ3n) is 4.43. The minimum atomic E-state index is 0.450. The van der Waals surface area contributed by atoms with E-state index in [1.807, 2.05) is 12.1 Å². The Labute approximate surface area is 129 Å². The first-order chi connectivity index (χ1) is 10.1. The minimum Gasteiger partial charge on any atom is -0.314 e. The lowest BCUT2D eigenvalue weighted by molar-refractivity contribution is 0.187. The molecule has 0 radical (unpaired) electrons. The van der Waals surface area contributed by atoms with Crippen molar-refractivity contribution in [3.63, 3.8) is 0 Å². The second kappa shape index (κ2) is 7.59. The van der Waals surface area contributed by atoms with Gasteiger partial charge in [0.25, 0.3) is 0 Å². The molecular weight excluding hydrogens is 258 g/mol. The van der Waals surface area contributed by atoms with Gasteiger partial charge in [-0.1, -0.05) is 32.4 Å². The van der Waals surface area contributed by atoms with E-state index < -0.39 is 0 Å². The number of benzene rings is 1. The molecule has 0 bridgehead atoms. The van der Waals surface area contributed by atoms with Crippen molar-refractivity contribution < 1.29 is 0 Å². The van der Waals surface area contributed by atoms with Crippen LogP contribution in [0.4, 0.5) is 0 Å². The van der Waals surface area contributed by atoms with Crippen molar-refractivity contribution >= 4 is 0 Å². The topological polar surface area (TPSA) is 39.1 Å². The lowest BCUT2D eigenvalue weighted by Gasteiger charge is -2.33. The zero-order valence-electron chi connectivity index (χ0n) is 13.5. The molecule has 3 heteroatoms. The van der Waals surface area contributed by atoms with Crippen molar-refractivity contribution in [3.8, 4) is 6.07 Å². The van der Waals surface area contributed by atoms with Crippen LogP contribution in [0.15, 0.2) is 24.3 Å². The summed E-state index contributed by atoms with van der Waals surface area (Å²) < 4.78 is 0. The highest BCUT2D eigenvalue weighted by Crippen LogP contribution is 2.34. The van der Waals surface area contributed by atoms with Crippen LogP contribution in [0.3, 0.4) is 0 Å². The summed E-state index contributed by atoms with van der Waals surface area (Å²) in [4.78, 5) is 2.49. The van der Waals surface area contributed by atoms with Crippen molar-refractivity contribution in [3.05, 3.63) is 35.4 Å². The monoisotopic (exact) mass is 285 g/mol. The summed E-state index contributed by atoms with van der Waals surface area (Å²) in [5, 5.41) is 12.6. The molecule has 1 N–H and O–H groups in total. The molecule has 2 atom stereocenters. The third kappa shape index (κ3) is 4.30. The Balaban J connectivity index is 2.20. The first kappa shape index (κ1) is 16.0. The zero-order valence-corrected chi connectivity index (χ0v) is 13.5. The quantitative estimate of drug-likeness (QED) is 0.922. The highest BCUT2D eigenvalue weighted by Gasteiger charge is 2.28. The summed E-state index contributed by atoms with van der Waals surface area (Å²) in [6, 6.07) is 11.3. The maximum atomic E-state index is 8.96. The van der Waals surface area contributed by atoms with Gasteiger partial charge in [0.05, 0.1) is 11.6 Å². The van der Waals surface area contributed by atoms with Crippen LogP contribution in [0.1, 0.15) is 50.3 Å². The van der Waals surface area contributed by atoms with Crippen molar-refractivity contribution in [1.29, 1.82) is 5.26 Å². The van der Waals surface area contributed by atoms with Gasteiger partial charge in [-0.25, -0.2) is 0 Å². The Morgan fingerprint density at radius 3 is 2.62 bits per heavy atom. The molecule has 0 amide bonds. The summed E-state index contributed by atoms with van der Waals surface area (Å²) in [5.74, 6) is 0.632. The molecule has 3 nitrogen and oxygen atoms in total. The van der Waals surface area contributed by atoms with Crippen LogP contribution >= 0.6 is 0 Å². The maximum Gasteiger partial charge on any atom is 0.0991 e. The van der Waals surface area contributed by atoms with E-state index in [1.165, 1.54) is 24.8 Å². The van der Waals surface area contributed by atoms with E-state index in [9.17, 15) is 0 Å². The SMILES string of the molecule is CC(C)NCC1CCCCN(C)C1c1ccc(C#N)cc1. The van der Waals surface area contributed by atoms with Crippen LogP contribution in [0, 0.1) is 17.2 Å². The minimum absolute atomic E-state index is 0.450. The highest BCUT2D eigenvalue weighted by atomic mass is 15.1. The first-order valence-electron chi connectivity index (χ1n) is 8.05. The Hall–Kier alpha value is -1.37. The van der Waals surface area contributed by atoms with E-state index in [0.717, 1.165) is 18.7 Å². The second-order valence-corrected chi connectivity index (χ2v) is 6.48. The molecule has 2 unspecified atom stereocenters. The number of rotatable bonds is 4. The predicted octanol–water partition coefficient (Wildman–Crippen LogP) is 3.33. The number of likely N-dealkylation sites (tertiary alicyclic amines) is 1. The molecule has 1 aromatic rings. The first-order valence-corrected chi connectivity index (χ1v) is 8.05. The van der Waals surface area contributed by atoms with Crippen LogP contribution < -0.4 is 5.32 Å². The van der Waals surface area contributed by atoms with Crippen LogP contribution in [0.2, 0.25) is 0 Å². The summed E-state index contributed by atoms with van der Waals surface area (Å²) in [6.07, 6.45) is 3.86. The van der Waals surface area contributed by atoms with Gasteiger partial charge < -0.3 is 5.32 Å². The Kier molecular flexibility index (Phi) is 5.78. The van der Waals surface area contributed by atoms with E-state index >= 15 is 0 Å². The molecule has 0 spiro atoms. The Morgan fingerprint density at radius 2 is 2.00 bits per heavy atom. The molecule has 114 valence electrons. The molecule has 21 heavy (non-hydrogen) atoms. The van der Waals surface area contributed by atoms with Gasteiger partial charge in [0.2, 0.25) is 0 Å². The van der Waals surface area contributed by atoms with Gasteiger partial charge in [0.1, 0.15) is 0 Å². The highest BCUT2D eigenvalue weighted by molar-refractivity contribution is 5.33. The smallest absolute Gasteiger partial charge is 0.0991 e. The number of hydrogen-bond acceptors (Lipinski definition) is 3. The van der Waals surface area contributed by atoms with E-state index in [4.69, 9.17) is 5.26 Å². The molecule has 1 fully saturated rings. The molecule has 1 saturated heterocycles. The van der Waals surface area contributed by atoms with Crippen molar-refractivity contribution in [1.82, 2.24) is 10.2 Å². The van der Waals surface area contributed by atoms with Gasteiger partial charge in [-0.3, -0.25) is 4.90 Å². The number of hydrogen-bond donors (Lipinski definition) is 1. The third-order valence-corrected chi connectivity index (χ3v) is 4.43. The second-order valence-electron chi connectivity index (χ2n) is 6.48. The summed E-state index contributed by atoms with van der Waals surface area (Å²) in [7, 11) is 2.23. The molecule has 0 aliphatic carbocycles. The molecular formula is C18H27N3. The van der Waals surface area contributed by atoms with Gasteiger partial charge in [-0.05, 0) is 50.0 Å². The molecule has 1 heterocycles. The molecule has 1 aliphatic rings. The molecule has 1 aromatic carbocycles. The van der Waals surface area contributed by atoms with Crippen molar-refractivity contribution in [2.45, 2.75) is 45.2 Å². The zero-order chi connectivity index (χ0) is 15.2. The number of nitriles is 1. The Bertz CT molecular complexity index is 472. The van der Waals surface area contributed by atoms with Crippen LogP contribution in [-0.4, -0.2) is 31.1 Å². The van der Waals surface area contributed by atoms with Crippen LogP contribution in [-0.2, 0) is 0 Å². The van der Waals surface area contributed by atoms with Crippen LogP contribution in [0.5, 0.6) is 0 Å². The van der Waals surface area contributed by atoms with E-state index in [2.05, 4.69) is 49.3 Å². The Morgan fingerprint density at radius 1 is 1.29 bits per heavy atom. The maximum absolute atomic E-state index is 8.96. The van der Waals surface area contributed by atoms with Gasteiger partial charge >= 0.3 is 0 Å².